The molecular formula is C22H21NO4S2. The van der Waals surface area contributed by atoms with Gasteiger partial charge in [-0.15, -0.1) is 11.3 Å². The fourth-order valence-electron chi connectivity index (χ4n) is 3.36. The van der Waals surface area contributed by atoms with Gasteiger partial charge in [0.05, 0.1) is 16.3 Å². The number of carbonyl (C=O) groups excluding carboxylic acids is 1. The van der Waals surface area contributed by atoms with Crippen LogP contribution in [0, 0.1) is 6.92 Å². The van der Waals surface area contributed by atoms with Gasteiger partial charge in [-0.3, -0.25) is 4.79 Å². The number of amides is 1. The Morgan fingerprint density at radius 1 is 1.10 bits per heavy atom. The molecule has 3 aromatic rings. The number of hydrogen-bond acceptors (Lipinski definition) is 5. The quantitative estimate of drug-likeness (QED) is 0.671. The fraction of sp³-hybridized carbons (Fsp3) is 0.227. The lowest BCUT2D eigenvalue weighted by atomic mass is 10.0. The van der Waals surface area contributed by atoms with Gasteiger partial charge < -0.3 is 10.1 Å². The van der Waals surface area contributed by atoms with Gasteiger partial charge in [0, 0.05) is 17.6 Å². The summed E-state index contributed by atoms with van der Waals surface area (Å²) in [5.41, 5.74) is 3.04. The maximum Gasteiger partial charge on any atom is 0.261 e. The highest BCUT2D eigenvalue weighted by molar-refractivity contribution is 7.90. The molecule has 0 bridgehead atoms. The number of nitrogens with one attached hydrogen (secondary N) is 1. The number of aryl methyl sites for hydroxylation is 1. The van der Waals surface area contributed by atoms with E-state index in [9.17, 15) is 13.2 Å². The second-order valence-corrected chi connectivity index (χ2v) is 10.5. The standard InChI is InChI=1S/C22H21NO4S2/c1-14-3-10-21(28-14)22(24)23-13-18-12-17-11-16(6-9-20(17)27-18)15-4-7-19(8-5-15)29(2,25)26/h3-11,18H,12-13H2,1-2H3,(H,23,24)/t18-/m0/s1. The first kappa shape index (κ1) is 19.7. The fourth-order valence-corrected chi connectivity index (χ4v) is 4.77. The number of fused-ring (bicyclic) bond motifs is 1. The molecule has 4 rings (SSSR count). The molecule has 0 spiro atoms. The van der Waals surface area contributed by atoms with E-state index in [1.165, 1.54) is 17.6 Å². The SMILES string of the molecule is Cc1ccc(C(=O)NC[C@@H]2Cc3cc(-c4ccc(S(C)(=O)=O)cc4)ccc3O2)s1. The summed E-state index contributed by atoms with van der Waals surface area (Å²) in [6.07, 6.45) is 1.82. The molecular weight excluding hydrogens is 406 g/mol. The lowest BCUT2D eigenvalue weighted by Crippen LogP contribution is -2.34. The second-order valence-electron chi connectivity index (χ2n) is 7.18. The highest BCUT2D eigenvalue weighted by Crippen LogP contribution is 2.33. The largest absolute Gasteiger partial charge is 0.488 e. The molecule has 2 aromatic carbocycles. The summed E-state index contributed by atoms with van der Waals surface area (Å²) in [5.74, 6) is 0.752. The zero-order valence-corrected chi connectivity index (χ0v) is 17.8. The highest BCUT2D eigenvalue weighted by atomic mass is 32.2. The molecule has 1 aliphatic heterocycles. The molecule has 0 aliphatic carbocycles. The maximum atomic E-state index is 12.2. The van der Waals surface area contributed by atoms with Crippen LogP contribution in [0.3, 0.4) is 0 Å². The minimum Gasteiger partial charge on any atom is -0.488 e. The van der Waals surface area contributed by atoms with Crippen molar-refractivity contribution in [2.75, 3.05) is 12.8 Å². The Kier molecular flexibility index (Phi) is 5.19. The molecule has 150 valence electrons. The molecule has 0 unspecified atom stereocenters. The van der Waals surface area contributed by atoms with Crippen molar-refractivity contribution in [1.82, 2.24) is 5.32 Å². The molecule has 0 radical (unpaired) electrons. The van der Waals surface area contributed by atoms with Crippen molar-refractivity contribution in [1.29, 1.82) is 0 Å². The molecule has 1 N–H and O–H groups in total. The van der Waals surface area contributed by atoms with Crippen LogP contribution in [0.15, 0.2) is 59.5 Å². The minimum atomic E-state index is -3.20. The summed E-state index contributed by atoms with van der Waals surface area (Å²) in [6.45, 7) is 2.42. The number of thiophene rings is 1. The first-order valence-corrected chi connectivity index (χ1v) is 11.9. The highest BCUT2D eigenvalue weighted by Gasteiger charge is 2.24. The number of sulfone groups is 1. The van der Waals surface area contributed by atoms with Crippen LogP contribution in [0.5, 0.6) is 5.75 Å². The molecule has 1 aliphatic rings. The van der Waals surface area contributed by atoms with E-state index in [-0.39, 0.29) is 12.0 Å². The Morgan fingerprint density at radius 2 is 1.83 bits per heavy atom. The van der Waals surface area contributed by atoms with Crippen molar-refractivity contribution in [3.8, 4) is 16.9 Å². The van der Waals surface area contributed by atoms with E-state index in [1.807, 2.05) is 43.3 Å². The topological polar surface area (TPSA) is 72.5 Å². The summed E-state index contributed by atoms with van der Waals surface area (Å²) in [4.78, 5) is 14.3. The summed E-state index contributed by atoms with van der Waals surface area (Å²) < 4.78 is 29.2. The van der Waals surface area contributed by atoms with E-state index in [4.69, 9.17) is 4.74 Å². The van der Waals surface area contributed by atoms with Gasteiger partial charge in [0.25, 0.3) is 5.91 Å². The van der Waals surface area contributed by atoms with Gasteiger partial charge in [-0.2, -0.15) is 0 Å². The number of carbonyl (C=O) groups is 1. The van der Waals surface area contributed by atoms with Gasteiger partial charge in [-0.25, -0.2) is 8.42 Å². The van der Waals surface area contributed by atoms with E-state index in [0.717, 1.165) is 27.3 Å². The summed E-state index contributed by atoms with van der Waals surface area (Å²) in [6, 6.07) is 16.6. The number of ether oxygens (including phenoxy) is 1. The first-order chi connectivity index (χ1) is 13.8. The van der Waals surface area contributed by atoms with Crippen LogP contribution < -0.4 is 10.1 Å². The van der Waals surface area contributed by atoms with E-state index >= 15 is 0 Å². The van der Waals surface area contributed by atoms with Crippen molar-refractivity contribution in [3.63, 3.8) is 0 Å². The minimum absolute atomic E-state index is 0.0747. The Hall–Kier alpha value is -2.64. The molecule has 0 fully saturated rings. The zero-order valence-electron chi connectivity index (χ0n) is 16.1. The lowest BCUT2D eigenvalue weighted by Gasteiger charge is -2.11. The predicted molar refractivity (Wildman–Crippen MR) is 114 cm³/mol. The lowest BCUT2D eigenvalue weighted by molar-refractivity contribution is 0.0937. The normalized spacial score (nSPS) is 15.6. The Bertz CT molecular complexity index is 1160. The summed E-state index contributed by atoms with van der Waals surface area (Å²) >= 11 is 1.48. The van der Waals surface area contributed by atoms with Gasteiger partial charge >= 0.3 is 0 Å². The predicted octanol–water partition coefficient (Wildman–Crippen LogP) is 3.86. The molecule has 0 saturated heterocycles. The maximum absolute atomic E-state index is 12.2. The van der Waals surface area contributed by atoms with Crippen molar-refractivity contribution < 1.29 is 17.9 Å². The van der Waals surface area contributed by atoms with Crippen LogP contribution in [0.25, 0.3) is 11.1 Å². The summed E-state index contributed by atoms with van der Waals surface area (Å²) in [7, 11) is -3.20. The number of rotatable bonds is 5. The summed E-state index contributed by atoms with van der Waals surface area (Å²) in [5, 5.41) is 2.95. The number of benzene rings is 2. The first-order valence-electron chi connectivity index (χ1n) is 9.24. The van der Waals surface area contributed by atoms with Gasteiger partial charge in [0.15, 0.2) is 9.84 Å². The van der Waals surface area contributed by atoms with Crippen LogP contribution >= 0.6 is 11.3 Å². The van der Waals surface area contributed by atoms with Crippen molar-refractivity contribution >= 4 is 27.1 Å². The van der Waals surface area contributed by atoms with Gasteiger partial charge in [0.2, 0.25) is 0 Å². The molecule has 0 saturated carbocycles. The molecule has 29 heavy (non-hydrogen) atoms. The van der Waals surface area contributed by atoms with Crippen LogP contribution in [0.4, 0.5) is 0 Å². The van der Waals surface area contributed by atoms with Gasteiger partial charge in [-0.05, 0) is 60.0 Å². The third-order valence-electron chi connectivity index (χ3n) is 4.87. The van der Waals surface area contributed by atoms with Crippen LogP contribution in [-0.4, -0.2) is 33.2 Å². The van der Waals surface area contributed by atoms with E-state index < -0.39 is 9.84 Å². The molecule has 5 nitrogen and oxygen atoms in total. The van der Waals surface area contributed by atoms with Crippen molar-refractivity contribution in [2.24, 2.45) is 0 Å². The van der Waals surface area contributed by atoms with Crippen LogP contribution in [0.2, 0.25) is 0 Å². The molecule has 7 heteroatoms. The van der Waals surface area contributed by atoms with Crippen LogP contribution in [0.1, 0.15) is 20.1 Å². The Balaban J connectivity index is 1.42. The van der Waals surface area contributed by atoms with Crippen molar-refractivity contribution in [3.05, 3.63) is 69.9 Å². The average Bonchev–Trinajstić information content (AvgIpc) is 3.30. The number of hydrogen-bond donors (Lipinski definition) is 1. The molecule has 1 aromatic heterocycles. The van der Waals surface area contributed by atoms with Gasteiger partial charge in [-0.1, -0.05) is 18.2 Å². The second kappa shape index (κ2) is 7.65. The third kappa shape index (κ3) is 4.36. The smallest absolute Gasteiger partial charge is 0.261 e. The monoisotopic (exact) mass is 427 g/mol. The average molecular weight is 428 g/mol. The Labute approximate surface area is 174 Å². The van der Waals surface area contributed by atoms with E-state index in [2.05, 4.69) is 11.4 Å². The van der Waals surface area contributed by atoms with E-state index in [0.29, 0.717) is 22.7 Å². The third-order valence-corrected chi connectivity index (χ3v) is 7.00. The molecule has 1 amide bonds. The molecule has 1 atom stereocenters. The van der Waals surface area contributed by atoms with Gasteiger partial charge in [0.1, 0.15) is 11.9 Å². The van der Waals surface area contributed by atoms with E-state index in [1.54, 1.807) is 12.1 Å². The Morgan fingerprint density at radius 3 is 2.48 bits per heavy atom. The molecule has 2 heterocycles. The zero-order chi connectivity index (χ0) is 20.6. The van der Waals surface area contributed by atoms with Crippen molar-refractivity contribution in [2.45, 2.75) is 24.3 Å². The van der Waals surface area contributed by atoms with Crippen LogP contribution in [-0.2, 0) is 16.3 Å².